The van der Waals surface area contributed by atoms with Crippen molar-refractivity contribution in [2.24, 2.45) is 0 Å². The fourth-order valence-electron chi connectivity index (χ4n) is 5.59. The van der Waals surface area contributed by atoms with Gasteiger partial charge >= 0.3 is 0 Å². The van der Waals surface area contributed by atoms with Crippen LogP contribution in [0, 0.1) is 15.9 Å². The zero-order valence-corrected chi connectivity index (χ0v) is 22.4. The van der Waals surface area contributed by atoms with Gasteiger partial charge in [0.25, 0.3) is 11.6 Å². The third-order valence-electron chi connectivity index (χ3n) is 7.68. The van der Waals surface area contributed by atoms with Gasteiger partial charge in [0, 0.05) is 62.2 Å². The van der Waals surface area contributed by atoms with Gasteiger partial charge in [0.2, 0.25) is 5.91 Å². The van der Waals surface area contributed by atoms with E-state index in [-0.39, 0.29) is 23.1 Å². The van der Waals surface area contributed by atoms with Crippen LogP contribution in [0.1, 0.15) is 33.4 Å². The highest BCUT2D eigenvalue weighted by Crippen LogP contribution is 2.47. The van der Waals surface area contributed by atoms with E-state index in [0.29, 0.717) is 48.8 Å². The van der Waals surface area contributed by atoms with Crippen LogP contribution in [0.5, 0.6) is 11.5 Å². The summed E-state index contributed by atoms with van der Waals surface area (Å²) in [6, 6.07) is 14.8. The highest BCUT2D eigenvalue weighted by Gasteiger charge is 2.46. The van der Waals surface area contributed by atoms with Gasteiger partial charge in [-0.25, -0.2) is 4.39 Å². The molecule has 208 valence electrons. The van der Waals surface area contributed by atoms with Crippen LogP contribution in [0.2, 0.25) is 0 Å². The minimum Gasteiger partial charge on any atom is -0.493 e. The Morgan fingerprint density at radius 3 is 2.17 bits per heavy atom. The lowest BCUT2D eigenvalue weighted by atomic mass is 9.78. The van der Waals surface area contributed by atoms with E-state index in [9.17, 15) is 19.7 Å². The number of halogens is 1. The number of amides is 2. The maximum Gasteiger partial charge on any atom is 0.269 e. The Bertz CT molecular complexity index is 1460. The lowest BCUT2D eigenvalue weighted by Crippen LogP contribution is -2.53. The number of nitro benzene ring substituents is 1. The van der Waals surface area contributed by atoms with Gasteiger partial charge in [0.1, 0.15) is 5.82 Å². The van der Waals surface area contributed by atoms with Gasteiger partial charge in [-0.05, 0) is 35.9 Å². The monoisotopic (exact) mass is 548 g/mol. The van der Waals surface area contributed by atoms with Crippen molar-refractivity contribution in [2.45, 2.75) is 12.0 Å². The number of carbonyl (C=O) groups excluding carboxylic acids is 2. The predicted octanol–water partition coefficient (Wildman–Crippen LogP) is 4.01. The van der Waals surface area contributed by atoms with Crippen LogP contribution in [0.3, 0.4) is 0 Å². The molecule has 0 N–H and O–H groups in total. The highest BCUT2D eigenvalue weighted by atomic mass is 19.1. The molecule has 0 aromatic heterocycles. The number of nitro groups is 1. The van der Waals surface area contributed by atoms with E-state index in [0.717, 1.165) is 5.69 Å². The van der Waals surface area contributed by atoms with Crippen molar-refractivity contribution >= 4 is 23.2 Å². The molecule has 0 unspecified atom stereocenters. The number of fused-ring (bicyclic) bond motifs is 1. The number of benzene rings is 3. The van der Waals surface area contributed by atoms with E-state index in [2.05, 4.69) is 4.90 Å². The summed E-state index contributed by atoms with van der Waals surface area (Å²) in [7, 11) is 4.52. The Hall–Kier alpha value is -4.67. The first-order valence-electron chi connectivity index (χ1n) is 12.8. The van der Waals surface area contributed by atoms with Crippen molar-refractivity contribution in [3.63, 3.8) is 0 Å². The van der Waals surface area contributed by atoms with Gasteiger partial charge < -0.3 is 24.2 Å². The number of methoxy groups -OCH3 is 2. The maximum atomic E-state index is 15.2. The molecule has 2 atom stereocenters. The summed E-state index contributed by atoms with van der Waals surface area (Å²) in [5, 5.41) is 11.0. The second-order valence-corrected chi connectivity index (χ2v) is 9.74. The zero-order valence-electron chi connectivity index (χ0n) is 22.4. The smallest absolute Gasteiger partial charge is 0.269 e. The first-order chi connectivity index (χ1) is 19.2. The summed E-state index contributed by atoms with van der Waals surface area (Å²) >= 11 is 0. The van der Waals surface area contributed by atoms with Crippen molar-refractivity contribution in [3.05, 3.63) is 93.3 Å². The summed E-state index contributed by atoms with van der Waals surface area (Å²) < 4.78 is 26.1. The van der Waals surface area contributed by atoms with Crippen LogP contribution in [-0.4, -0.2) is 74.0 Å². The number of likely N-dealkylation sites (N-methyl/N-ethyl adjacent to an activating group) is 1. The number of ether oxygens (including phenoxy) is 2. The van der Waals surface area contributed by atoms with Crippen LogP contribution >= 0.6 is 0 Å². The van der Waals surface area contributed by atoms with Crippen LogP contribution in [-0.2, 0) is 4.79 Å². The molecule has 40 heavy (non-hydrogen) atoms. The molecule has 0 aliphatic carbocycles. The molecule has 0 radical (unpaired) electrons. The van der Waals surface area contributed by atoms with Gasteiger partial charge in [-0.2, -0.15) is 0 Å². The van der Waals surface area contributed by atoms with Crippen molar-refractivity contribution < 1.29 is 28.4 Å². The molecule has 2 aliphatic rings. The lowest BCUT2D eigenvalue weighted by molar-refractivity contribution is -0.384. The molecular formula is C29H29FN4O6. The average Bonchev–Trinajstić information content (AvgIpc) is 2.98. The summed E-state index contributed by atoms with van der Waals surface area (Å²) in [5.41, 5.74) is 1.85. The van der Waals surface area contributed by atoms with Crippen LogP contribution in [0.25, 0.3) is 0 Å². The number of rotatable bonds is 6. The summed E-state index contributed by atoms with van der Waals surface area (Å²) in [6.45, 7) is 1.79. The lowest BCUT2D eigenvalue weighted by Gasteiger charge is -2.43. The van der Waals surface area contributed by atoms with E-state index in [1.807, 2.05) is 0 Å². The number of hydrogen-bond donors (Lipinski definition) is 0. The molecular weight excluding hydrogens is 519 g/mol. The molecule has 5 rings (SSSR count). The molecule has 3 aromatic rings. The number of non-ortho nitro benzene ring substituents is 1. The first kappa shape index (κ1) is 26.9. The minimum absolute atomic E-state index is 0.0124. The molecule has 1 saturated heterocycles. The third kappa shape index (κ3) is 4.67. The predicted molar refractivity (Wildman–Crippen MR) is 145 cm³/mol. The van der Waals surface area contributed by atoms with Crippen LogP contribution in [0.15, 0.2) is 60.7 Å². The Labute approximate surface area is 230 Å². The zero-order chi connectivity index (χ0) is 28.6. The summed E-state index contributed by atoms with van der Waals surface area (Å²) in [6.07, 6.45) is 0. The first-order valence-corrected chi connectivity index (χ1v) is 12.8. The Morgan fingerprint density at radius 2 is 1.57 bits per heavy atom. The second-order valence-electron chi connectivity index (χ2n) is 9.74. The molecule has 0 saturated carbocycles. The maximum absolute atomic E-state index is 15.2. The normalized spacial score (nSPS) is 18.8. The van der Waals surface area contributed by atoms with Crippen molar-refractivity contribution in [1.82, 2.24) is 9.80 Å². The number of nitrogens with zero attached hydrogens (tertiary/aromatic N) is 4. The third-order valence-corrected chi connectivity index (χ3v) is 7.68. The summed E-state index contributed by atoms with van der Waals surface area (Å²) in [4.78, 5) is 43.6. The van der Waals surface area contributed by atoms with E-state index >= 15 is 4.39 Å². The Balaban J connectivity index is 1.50. The molecule has 11 heteroatoms. The standard InChI is InChI=1S/C29H29FN4O6/c1-31-27(20-6-4-5-7-23(20)30)26(21-16-24(39-2)25(40-3)17-22(21)28(31)35)29(36)33-14-12-32(13-15-33)18-8-10-19(11-9-18)34(37)38/h4-11,16-17,26-27H,12-15H2,1-3H3/t26-,27-/m1/s1. The van der Waals surface area contributed by atoms with Gasteiger partial charge in [-0.1, -0.05) is 18.2 Å². The number of anilines is 1. The largest absolute Gasteiger partial charge is 0.493 e. The van der Waals surface area contributed by atoms with Crippen molar-refractivity contribution in [3.8, 4) is 11.5 Å². The molecule has 0 spiro atoms. The van der Waals surface area contributed by atoms with E-state index in [1.165, 1.54) is 37.3 Å². The Morgan fingerprint density at radius 1 is 0.950 bits per heavy atom. The second kappa shape index (κ2) is 10.8. The van der Waals surface area contributed by atoms with E-state index in [4.69, 9.17) is 9.47 Å². The van der Waals surface area contributed by atoms with Crippen LogP contribution < -0.4 is 14.4 Å². The van der Waals surface area contributed by atoms with E-state index in [1.54, 1.807) is 54.4 Å². The topological polar surface area (TPSA) is 105 Å². The van der Waals surface area contributed by atoms with Gasteiger partial charge in [0.15, 0.2) is 11.5 Å². The Kier molecular flexibility index (Phi) is 7.29. The molecule has 2 heterocycles. The average molecular weight is 549 g/mol. The van der Waals surface area contributed by atoms with Crippen molar-refractivity contribution in [2.75, 3.05) is 52.3 Å². The highest BCUT2D eigenvalue weighted by molar-refractivity contribution is 6.02. The fourth-order valence-corrected chi connectivity index (χ4v) is 5.59. The molecule has 3 aromatic carbocycles. The number of carbonyl (C=O) groups is 2. The molecule has 1 fully saturated rings. The van der Waals surface area contributed by atoms with Gasteiger partial charge in [-0.15, -0.1) is 0 Å². The minimum atomic E-state index is -0.889. The number of piperazine rings is 1. The van der Waals surface area contributed by atoms with Gasteiger partial charge in [0.05, 0.1) is 31.1 Å². The summed E-state index contributed by atoms with van der Waals surface area (Å²) in [5.74, 6) is -1.25. The molecule has 2 amide bonds. The molecule has 2 aliphatic heterocycles. The number of hydrogen-bond acceptors (Lipinski definition) is 7. The SMILES string of the molecule is COc1cc2c(cc1OC)[C@@H](C(=O)N1CCN(c3ccc([N+](=O)[O-])cc3)CC1)[C@@H](c1ccccc1F)N(C)C2=O. The molecule has 0 bridgehead atoms. The molecule has 10 nitrogen and oxygen atoms in total. The van der Waals surface area contributed by atoms with Crippen LogP contribution in [0.4, 0.5) is 15.8 Å². The quantitative estimate of drug-likeness (QED) is 0.339. The fraction of sp³-hybridized carbons (Fsp3) is 0.310. The van der Waals surface area contributed by atoms with Crippen molar-refractivity contribution in [1.29, 1.82) is 0 Å². The van der Waals surface area contributed by atoms with Gasteiger partial charge in [-0.3, -0.25) is 19.7 Å². The van der Waals surface area contributed by atoms with E-state index < -0.39 is 22.7 Å².